The summed E-state index contributed by atoms with van der Waals surface area (Å²) >= 11 is 0. The lowest BCUT2D eigenvalue weighted by Gasteiger charge is -2.23. The third-order valence-corrected chi connectivity index (χ3v) is 2.39. The van der Waals surface area contributed by atoms with Crippen molar-refractivity contribution < 1.29 is 24.8 Å². The van der Waals surface area contributed by atoms with Gasteiger partial charge in [0.25, 0.3) is 0 Å². The quantitative estimate of drug-likeness (QED) is 0.488. The molecule has 3 atom stereocenters. The normalized spacial score (nSPS) is 15.2. The summed E-state index contributed by atoms with van der Waals surface area (Å²) in [7, 11) is 1.42. The first-order valence-electron chi connectivity index (χ1n) is 5.83. The zero-order valence-electron chi connectivity index (χ0n) is 10.7. The molecule has 0 saturated heterocycles. The van der Waals surface area contributed by atoms with Crippen LogP contribution in [0.25, 0.3) is 0 Å². The van der Waals surface area contributed by atoms with Gasteiger partial charge in [0.1, 0.15) is 25.1 Å². The van der Waals surface area contributed by atoms with Gasteiger partial charge in [0, 0.05) is 12.7 Å². The standard InChI is InChI=1S/C14H18O5/c1-18-10-19-14(13(17)9-15)12(16)8-7-11-5-3-2-4-6-11/h2-6,12-17H,9-10H2,1H3/t12-,13+,14-/m1/s1. The van der Waals surface area contributed by atoms with Crippen molar-refractivity contribution in [1.82, 2.24) is 0 Å². The molecular formula is C14H18O5. The number of ether oxygens (including phenoxy) is 2. The van der Waals surface area contributed by atoms with Crippen molar-refractivity contribution >= 4 is 0 Å². The summed E-state index contributed by atoms with van der Waals surface area (Å²) in [4.78, 5) is 0. The molecule has 0 aliphatic rings. The number of methoxy groups -OCH3 is 1. The predicted molar refractivity (Wildman–Crippen MR) is 69.2 cm³/mol. The molecule has 1 aromatic carbocycles. The first kappa shape index (κ1) is 15.6. The second kappa shape index (κ2) is 8.64. The van der Waals surface area contributed by atoms with Crippen molar-refractivity contribution in [3.8, 4) is 11.8 Å². The topological polar surface area (TPSA) is 79.2 Å². The van der Waals surface area contributed by atoms with E-state index in [-0.39, 0.29) is 6.79 Å². The largest absolute Gasteiger partial charge is 0.394 e. The number of rotatable bonds is 6. The van der Waals surface area contributed by atoms with E-state index in [2.05, 4.69) is 11.8 Å². The van der Waals surface area contributed by atoms with E-state index >= 15 is 0 Å². The van der Waals surface area contributed by atoms with E-state index < -0.39 is 24.9 Å². The van der Waals surface area contributed by atoms with Crippen molar-refractivity contribution in [2.24, 2.45) is 0 Å². The van der Waals surface area contributed by atoms with E-state index in [0.29, 0.717) is 0 Å². The monoisotopic (exact) mass is 266 g/mol. The van der Waals surface area contributed by atoms with Crippen molar-refractivity contribution in [1.29, 1.82) is 0 Å². The highest BCUT2D eigenvalue weighted by atomic mass is 16.7. The van der Waals surface area contributed by atoms with E-state index in [0.717, 1.165) is 5.56 Å². The number of benzene rings is 1. The Hall–Kier alpha value is -1.42. The zero-order valence-corrected chi connectivity index (χ0v) is 10.7. The summed E-state index contributed by atoms with van der Waals surface area (Å²) in [6.07, 6.45) is -3.48. The van der Waals surface area contributed by atoms with Gasteiger partial charge in [0.2, 0.25) is 0 Å². The Kier molecular flexibility index (Phi) is 7.11. The molecule has 5 nitrogen and oxygen atoms in total. The third kappa shape index (κ3) is 5.39. The smallest absolute Gasteiger partial charge is 0.147 e. The van der Waals surface area contributed by atoms with E-state index in [4.69, 9.17) is 14.6 Å². The van der Waals surface area contributed by atoms with Crippen molar-refractivity contribution in [2.45, 2.75) is 18.3 Å². The average Bonchev–Trinajstić information content (AvgIpc) is 2.46. The van der Waals surface area contributed by atoms with Crippen molar-refractivity contribution in [3.63, 3.8) is 0 Å². The predicted octanol–water partition coefficient (Wildman–Crippen LogP) is -0.259. The van der Waals surface area contributed by atoms with Crippen molar-refractivity contribution in [2.75, 3.05) is 20.5 Å². The molecule has 0 aliphatic carbocycles. The van der Waals surface area contributed by atoms with Gasteiger partial charge in [-0.15, -0.1) is 0 Å². The number of hydrogen-bond acceptors (Lipinski definition) is 5. The lowest BCUT2D eigenvalue weighted by molar-refractivity contribution is -0.147. The molecule has 0 saturated carbocycles. The van der Waals surface area contributed by atoms with E-state index in [1.807, 2.05) is 18.2 Å². The number of hydrogen-bond donors (Lipinski definition) is 3. The van der Waals surface area contributed by atoms with Crippen LogP contribution < -0.4 is 0 Å². The molecule has 5 heteroatoms. The lowest BCUT2D eigenvalue weighted by Crippen LogP contribution is -2.41. The first-order valence-corrected chi connectivity index (χ1v) is 5.83. The maximum absolute atomic E-state index is 9.87. The van der Waals surface area contributed by atoms with Crippen LogP contribution in [0.2, 0.25) is 0 Å². The van der Waals surface area contributed by atoms with Crippen LogP contribution in [0.5, 0.6) is 0 Å². The molecule has 0 aromatic heterocycles. The van der Waals surface area contributed by atoms with Crippen LogP contribution >= 0.6 is 0 Å². The minimum absolute atomic E-state index is 0.105. The fraction of sp³-hybridized carbons (Fsp3) is 0.429. The fourth-order valence-electron chi connectivity index (χ4n) is 1.42. The molecular weight excluding hydrogens is 248 g/mol. The minimum atomic E-state index is -1.23. The van der Waals surface area contributed by atoms with Gasteiger partial charge in [-0.05, 0) is 12.1 Å². The number of aliphatic hydroxyl groups excluding tert-OH is 3. The van der Waals surface area contributed by atoms with Gasteiger partial charge >= 0.3 is 0 Å². The van der Waals surface area contributed by atoms with Crippen LogP contribution in [0.4, 0.5) is 0 Å². The van der Waals surface area contributed by atoms with Gasteiger partial charge < -0.3 is 24.8 Å². The molecule has 104 valence electrons. The van der Waals surface area contributed by atoms with Gasteiger partial charge in [-0.3, -0.25) is 0 Å². The Bertz CT molecular complexity index is 409. The maximum atomic E-state index is 9.87. The minimum Gasteiger partial charge on any atom is -0.394 e. The average molecular weight is 266 g/mol. The maximum Gasteiger partial charge on any atom is 0.147 e. The Labute approximate surface area is 112 Å². The van der Waals surface area contributed by atoms with E-state index in [1.54, 1.807) is 12.1 Å². The first-order chi connectivity index (χ1) is 9.19. The summed E-state index contributed by atoms with van der Waals surface area (Å²) in [5, 5.41) is 28.3. The molecule has 1 rings (SSSR count). The molecule has 0 aliphatic heterocycles. The second-order valence-corrected chi connectivity index (χ2v) is 3.87. The molecule has 1 aromatic rings. The molecule has 0 heterocycles. The summed E-state index contributed by atoms with van der Waals surface area (Å²) < 4.78 is 9.82. The van der Waals surface area contributed by atoms with Crippen LogP contribution in [-0.4, -0.2) is 54.1 Å². The van der Waals surface area contributed by atoms with Crippen molar-refractivity contribution in [3.05, 3.63) is 35.9 Å². The van der Waals surface area contributed by atoms with Crippen LogP contribution in [0.3, 0.4) is 0 Å². The Morgan fingerprint density at radius 1 is 1.21 bits per heavy atom. The highest BCUT2D eigenvalue weighted by Crippen LogP contribution is 2.06. The van der Waals surface area contributed by atoms with Crippen LogP contribution in [0.1, 0.15) is 5.56 Å². The molecule has 0 fully saturated rings. The highest BCUT2D eigenvalue weighted by molar-refractivity contribution is 5.34. The lowest BCUT2D eigenvalue weighted by atomic mass is 10.1. The van der Waals surface area contributed by atoms with Gasteiger partial charge in [-0.1, -0.05) is 30.0 Å². The van der Waals surface area contributed by atoms with E-state index in [9.17, 15) is 10.2 Å². The summed E-state index contributed by atoms with van der Waals surface area (Å²) in [6, 6.07) is 9.12. The molecule has 0 spiro atoms. The van der Waals surface area contributed by atoms with Gasteiger partial charge in [0.15, 0.2) is 0 Å². The number of aliphatic hydroxyl groups is 3. The highest BCUT2D eigenvalue weighted by Gasteiger charge is 2.26. The molecule has 19 heavy (non-hydrogen) atoms. The Balaban J connectivity index is 2.71. The Morgan fingerprint density at radius 2 is 1.89 bits per heavy atom. The molecule has 0 unspecified atom stereocenters. The Morgan fingerprint density at radius 3 is 2.47 bits per heavy atom. The zero-order chi connectivity index (χ0) is 14.1. The molecule has 0 bridgehead atoms. The summed E-state index contributed by atoms with van der Waals surface area (Å²) in [6.45, 7) is -0.635. The van der Waals surface area contributed by atoms with Gasteiger partial charge in [0.05, 0.1) is 6.61 Å². The second-order valence-electron chi connectivity index (χ2n) is 3.87. The van der Waals surface area contributed by atoms with Crippen LogP contribution in [0, 0.1) is 11.8 Å². The summed E-state index contributed by atoms with van der Waals surface area (Å²) in [5.74, 6) is 5.34. The van der Waals surface area contributed by atoms with Gasteiger partial charge in [-0.25, -0.2) is 0 Å². The van der Waals surface area contributed by atoms with E-state index in [1.165, 1.54) is 7.11 Å². The molecule has 3 N–H and O–H groups in total. The van der Waals surface area contributed by atoms with Crippen LogP contribution in [-0.2, 0) is 9.47 Å². The summed E-state index contributed by atoms with van der Waals surface area (Å²) in [5.41, 5.74) is 0.741. The SMILES string of the molecule is COCO[C@H]([C@H](O)C#Cc1ccccc1)[C@@H](O)CO. The molecule has 0 amide bonds. The molecule has 0 radical (unpaired) electrons. The van der Waals surface area contributed by atoms with Crippen LogP contribution in [0.15, 0.2) is 30.3 Å². The van der Waals surface area contributed by atoms with Gasteiger partial charge in [-0.2, -0.15) is 0 Å². The third-order valence-electron chi connectivity index (χ3n) is 2.39. The fourth-order valence-corrected chi connectivity index (χ4v) is 1.42.